The molecule has 0 aliphatic rings. The smallest absolute Gasteiger partial charge is 0.123 e. The summed E-state index contributed by atoms with van der Waals surface area (Å²) in [5.74, 6) is 1.33. The molecule has 2 aromatic rings. The van der Waals surface area contributed by atoms with Crippen molar-refractivity contribution in [1.82, 2.24) is 0 Å². The van der Waals surface area contributed by atoms with E-state index in [-0.39, 0.29) is 0 Å². The van der Waals surface area contributed by atoms with Gasteiger partial charge in [-0.1, -0.05) is 26.0 Å². The van der Waals surface area contributed by atoms with Gasteiger partial charge in [0.15, 0.2) is 0 Å². The summed E-state index contributed by atoms with van der Waals surface area (Å²) in [6.45, 7) is 6.97. The fraction of sp³-hybridized carbons (Fsp3) is 0.294. The van der Waals surface area contributed by atoms with Gasteiger partial charge in [-0.3, -0.25) is 0 Å². The third kappa shape index (κ3) is 3.67. The summed E-state index contributed by atoms with van der Waals surface area (Å²) in [4.78, 5) is 0. The highest BCUT2D eigenvalue weighted by molar-refractivity contribution is 5.66. The number of nitrogen functional groups attached to an aromatic ring is 1. The lowest BCUT2D eigenvalue weighted by atomic mass is 10.0. The molecule has 0 spiro atoms. The van der Waals surface area contributed by atoms with Crippen molar-refractivity contribution in [2.45, 2.75) is 26.7 Å². The van der Waals surface area contributed by atoms with Gasteiger partial charge in [-0.15, -0.1) is 0 Å². The predicted octanol–water partition coefficient (Wildman–Crippen LogP) is 4.53. The van der Waals surface area contributed by atoms with Crippen molar-refractivity contribution in [3.63, 3.8) is 0 Å². The van der Waals surface area contributed by atoms with Gasteiger partial charge >= 0.3 is 0 Å². The van der Waals surface area contributed by atoms with Crippen LogP contribution in [0.15, 0.2) is 42.5 Å². The Morgan fingerprint density at radius 1 is 1.05 bits per heavy atom. The lowest BCUT2D eigenvalue weighted by Crippen LogP contribution is -1.97. The Kier molecular flexibility index (Phi) is 4.51. The summed E-state index contributed by atoms with van der Waals surface area (Å²) in [5, 5.41) is 3.35. The van der Waals surface area contributed by atoms with E-state index in [1.165, 1.54) is 5.56 Å². The van der Waals surface area contributed by atoms with Crippen LogP contribution >= 0.6 is 0 Å². The molecule has 0 heterocycles. The first-order valence-electron chi connectivity index (χ1n) is 6.99. The van der Waals surface area contributed by atoms with Crippen molar-refractivity contribution in [2.75, 3.05) is 17.7 Å². The van der Waals surface area contributed by atoms with Crippen LogP contribution in [0.25, 0.3) is 0 Å². The Morgan fingerprint density at radius 3 is 2.35 bits per heavy atom. The van der Waals surface area contributed by atoms with Crippen LogP contribution in [0.2, 0.25) is 0 Å². The summed E-state index contributed by atoms with van der Waals surface area (Å²) in [6, 6.07) is 14.1. The second-order valence-electron chi connectivity index (χ2n) is 5.13. The minimum Gasteiger partial charge on any atom is -0.494 e. The van der Waals surface area contributed by atoms with Crippen LogP contribution in [0.5, 0.6) is 5.75 Å². The zero-order valence-electron chi connectivity index (χ0n) is 12.3. The van der Waals surface area contributed by atoms with Crippen molar-refractivity contribution < 1.29 is 4.74 Å². The normalized spacial score (nSPS) is 10.6. The van der Waals surface area contributed by atoms with Gasteiger partial charge in [-0.05, 0) is 36.6 Å². The third-order valence-corrected chi connectivity index (χ3v) is 3.11. The fourth-order valence-corrected chi connectivity index (χ4v) is 2.06. The molecule has 0 aromatic heterocycles. The second-order valence-corrected chi connectivity index (χ2v) is 5.13. The van der Waals surface area contributed by atoms with Crippen LogP contribution in [-0.2, 0) is 0 Å². The summed E-state index contributed by atoms with van der Waals surface area (Å²) < 4.78 is 5.50. The van der Waals surface area contributed by atoms with E-state index >= 15 is 0 Å². The highest BCUT2D eigenvalue weighted by Gasteiger charge is 2.02. The second kappa shape index (κ2) is 6.33. The number of anilines is 3. The fourth-order valence-electron chi connectivity index (χ4n) is 2.06. The Balaban J connectivity index is 2.16. The lowest BCUT2D eigenvalue weighted by Gasteiger charge is -2.12. The molecule has 3 N–H and O–H groups in total. The Morgan fingerprint density at radius 2 is 1.75 bits per heavy atom. The molecule has 0 fully saturated rings. The van der Waals surface area contributed by atoms with E-state index in [9.17, 15) is 0 Å². The minimum absolute atomic E-state index is 0.543. The van der Waals surface area contributed by atoms with Gasteiger partial charge < -0.3 is 15.8 Å². The van der Waals surface area contributed by atoms with Gasteiger partial charge in [-0.25, -0.2) is 0 Å². The zero-order chi connectivity index (χ0) is 14.5. The van der Waals surface area contributed by atoms with E-state index in [1.54, 1.807) is 0 Å². The molecule has 0 radical (unpaired) electrons. The molecule has 2 aromatic carbocycles. The molecule has 3 nitrogen and oxygen atoms in total. The SMILES string of the molecule is CCOc1cc(N)cc(Nc2ccc(C(C)C)cc2)c1. The topological polar surface area (TPSA) is 47.3 Å². The highest BCUT2D eigenvalue weighted by Crippen LogP contribution is 2.26. The average molecular weight is 270 g/mol. The van der Waals surface area contributed by atoms with Crippen LogP contribution < -0.4 is 15.8 Å². The van der Waals surface area contributed by atoms with Gasteiger partial charge in [-0.2, -0.15) is 0 Å². The maximum Gasteiger partial charge on any atom is 0.123 e. The first kappa shape index (κ1) is 14.3. The summed E-state index contributed by atoms with van der Waals surface area (Å²) in [5.41, 5.74) is 9.89. The molecule has 20 heavy (non-hydrogen) atoms. The van der Waals surface area contributed by atoms with Crippen LogP contribution in [0, 0.1) is 0 Å². The molecule has 106 valence electrons. The van der Waals surface area contributed by atoms with E-state index in [4.69, 9.17) is 10.5 Å². The van der Waals surface area contributed by atoms with Gasteiger partial charge in [0.05, 0.1) is 6.61 Å². The Labute approximate surface area is 120 Å². The molecule has 2 rings (SSSR count). The molecule has 0 aliphatic carbocycles. The summed E-state index contributed by atoms with van der Waals surface area (Å²) >= 11 is 0. The van der Waals surface area contributed by atoms with E-state index in [2.05, 4.69) is 43.4 Å². The molecule has 0 saturated heterocycles. The standard InChI is InChI=1S/C17H22N2O/c1-4-20-17-10-14(18)9-16(11-17)19-15-7-5-13(6-8-15)12(2)3/h5-12,19H,4,18H2,1-3H3. The number of rotatable bonds is 5. The van der Waals surface area contributed by atoms with Crippen LogP contribution in [0.4, 0.5) is 17.1 Å². The van der Waals surface area contributed by atoms with Crippen molar-refractivity contribution in [1.29, 1.82) is 0 Å². The Hall–Kier alpha value is -2.16. The molecule has 0 bridgehead atoms. The molecule has 0 amide bonds. The molecule has 3 heteroatoms. The van der Waals surface area contributed by atoms with Crippen molar-refractivity contribution >= 4 is 17.1 Å². The number of benzene rings is 2. The molecule has 0 saturated carbocycles. The monoisotopic (exact) mass is 270 g/mol. The molecular weight excluding hydrogens is 248 g/mol. The van der Waals surface area contributed by atoms with Gasteiger partial charge in [0.2, 0.25) is 0 Å². The van der Waals surface area contributed by atoms with Crippen LogP contribution in [-0.4, -0.2) is 6.61 Å². The minimum atomic E-state index is 0.543. The van der Waals surface area contributed by atoms with Gasteiger partial charge in [0.1, 0.15) is 5.75 Å². The van der Waals surface area contributed by atoms with Crippen molar-refractivity contribution in [2.24, 2.45) is 0 Å². The highest BCUT2D eigenvalue weighted by atomic mass is 16.5. The number of nitrogens with one attached hydrogen (secondary N) is 1. The number of nitrogens with two attached hydrogens (primary N) is 1. The van der Waals surface area contributed by atoms with E-state index in [1.807, 2.05) is 25.1 Å². The summed E-state index contributed by atoms with van der Waals surface area (Å²) in [7, 11) is 0. The number of ether oxygens (including phenoxy) is 1. The molecule has 0 atom stereocenters. The maximum absolute atomic E-state index is 5.89. The number of hydrogen-bond donors (Lipinski definition) is 2. The van der Waals surface area contributed by atoms with E-state index in [0.717, 1.165) is 17.1 Å². The molecule has 0 unspecified atom stereocenters. The van der Waals surface area contributed by atoms with Crippen molar-refractivity contribution in [3.8, 4) is 5.75 Å². The van der Waals surface area contributed by atoms with E-state index < -0.39 is 0 Å². The van der Waals surface area contributed by atoms with Crippen LogP contribution in [0.1, 0.15) is 32.3 Å². The maximum atomic E-state index is 5.89. The van der Waals surface area contributed by atoms with Gasteiger partial charge in [0.25, 0.3) is 0 Å². The van der Waals surface area contributed by atoms with E-state index in [0.29, 0.717) is 18.2 Å². The molecule has 0 aliphatic heterocycles. The number of hydrogen-bond acceptors (Lipinski definition) is 3. The first-order valence-corrected chi connectivity index (χ1v) is 6.99. The van der Waals surface area contributed by atoms with Crippen LogP contribution in [0.3, 0.4) is 0 Å². The van der Waals surface area contributed by atoms with Crippen molar-refractivity contribution in [3.05, 3.63) is 48.0 Å². The largest absolute Gasteiger partial charge is 0.494 e. The third-order valence-electron chi connectivity index (χ3n) is 3.11. The molecular formula is C17H22N2O. The predicted molar refractivity (Wildman–Crippen MR) is 85.8 cm³/mol. The Bertz CT molecular complexity index is 562. The van der Waals surface area contributed by atoms with Gasteiger partial charge in [0, 0.05) is 29.2 Å². The zero-order valence-corrected chi connectivity index (χ0v) is 12.3. The average Bonchev–Trinajstić information content (AvgIpc) is 2.39. The lowest BCUT2D eigenvalue weighted by molar-refractivity contribution is 0.340. The first-order chi connectivity index (χ1) is 9.58. The quantitative estimate of drug-likeness (QED) is 0.784. The summed E-state index contributed by atoms with van der Waals surface area (Å²) in [6.07, 6.45) is 0.